The largest absolute Gasteiger partial charge is 0.464 e. The molecule has 0 aromatic heterocycles. The maximum atomic E-state index is 12.6. The molecule has 1 saturated heterocycles. The highest BCUT2D eigenvalue weighted by Crippen LogP contribution is 2.32. The molecule has 13 heteroatoms. The number of nitro groups is 1. The number of imide groups is 1. The summed E-state index contributed by atoms with van der Waals surface area (Å²) < 4.78 is 35.2. The third kappa shape index (κ3) is 6.49. The van der Waals surface area contributed by atoms with Gasteiger partial charge in [-0.3, -0.25) is 29.4 Å². The summed E-state index contributed by atoms with van der Waals surface area (Å²) >= 11 is 0.668. The molecule has 0 radical (unpaired) electrons. The molecule has 1 fully saturated rings. The molecule has 2 amide bonds. The molecule has 1 aliphatic heterocycles. The molecule has 0 spiro atoms. The molecular formula is C23H22N2O9S2. The highest BCUT2D eigenvalue weighted by Gasteiger charge is 2.36. The molecule has 2 aromatic rings. The molecule has 0 aliphatic carbocycles. The third-order valence-corrected chi connectivity index (χ3v) is 6.94. The van der Waals surface area contributed by atoms with Crippen molar-refractivity contribution in [2.75, 3.05) is 13.2 Å². The summed E-state index contributed by atoms with van der Waals surface area (Å²) in [6.45, 7) is 4.89. The van der Waals surface area contributed by atoms with Crippen molar-refractivity contribution >= 4 is 50.8 Å². The van der Waals surface area contributed by atoms with Crippen molar-refractivity contribution in [1.82, 2.24) is 4.90 Å². The lowest BCUT2D eigenvalue weighted by molar-refractivity contribution is -0.385. The Balaban J connectivity index is 1.70. The maximum absolute atomic E-state index is 12.6. The molecular weight excluding hydrogens is 512 g/mol. The quantitative estimate of drug-likeness (QED) is 0.152. The Labute approximate surface area is 211 Å². The summed E-state index contributed by atoms with van der Waals surface area (Å²) in [4.78, 5) is 47.6. The summed E-state index contributed by atoms with van der Waals surface area (Å²) in [7, 11) is -4.34. The lowest BCUT2D eigenvalue weighted by atomic mass is 10.2. The van der Waals surface area contributed by atoms with Crippen LogP contribution in [0.15, 0.2) is 52.3 Å². The molecule has 1 heterocycles. The van der Waals surface area contributed by atoms with Crippen molar-refractivity contribution in [2.24, 2.45) is 5.92 Å². The molecule has 0 atom stereocenters. The zero-order valence-corrected chi connectivity index (χ0v) is 21.1. The van der Waals surface area contributed by atoms with Crippen LogP contribution in [-0.2, 0) is 24.4 Å². The molecule has 0 N–H and O–H groups in total. The van der Waals surface area contributed by atoms with Crippen LogP contribution in [0.4, 0.5) is 10.5 Å². The minimum Gasteiger partial charge on any atom is -0.464 e. The van der Waals surface area contributed by atoms with Crippen molar-refractivity contribution in [3.05, 3.63) is 68.6 Å². The number of hydrogen-bond acceptors (Lipinski definition) is 10. The first kappa shape index (κ1) is 26.9. The second-order valence-electron chi connectivity index (χ2n) is 8.16. The van der Waals surface area contributed by atoms with Crippen molar-refractivity contribution in [3.8, 4) is 5.75 Å². The molecule has 36 heavy (non-hydrogen) atoms. The van der Waals surface area contributed by atoms with Crippen LogP contribution in [0.1, 0.15) is 25.0 Å². The second-order valence-corrected chi connectivity index (χ2v) is 10.7. The van der Waals surface area contributed by atoms with Gasteiger partial charge in [0, 0.05) is 11.6 Å². The Morgan fingerprint density at radius 3 is 2.44 bits per heavy atom. The van der Waals surface area contributed by atoms with Crippen LogP contribution in [0.25, 0.3) is 6.08 Å². The topological polar surface area (TPSA) is 150 Å². The summed E-state index contributed by atoms with van der Waals surface area (Å²) in [5.41, 5.74) is 0.427. The molecule has 2 aromatic carbocycles. The first-order valence-electron chi connectivity index (χ1n) is 10.6. The molecule has 0 saturated carbocycles. The number of carbonyl (C=O) groups excluding carboxylic acids is 3. The first-order chi connectivity index (χ1) is 16.9. The van der Waals surface area contributed by atoms with Crippen molar-refractivity contribution in [2.45, 2.75) is 25.7 Å². The van der Waals surface area contributed by atoms with Gasteiger partial charge in [-0.1, -0.05) is 32.0 Å². The van der Waals surface area contributed by atoms with E-state index in [4.69, 9.17) is 8.92 Å². The zero-order valence-electron chi connectivity index (χ0n) is 19.5. The standard InChI is InChI=1S/C23H22N2O9S2/c1-14(2)13-33-21(26)12-24-22(27)20(35-23(24)28)10-16-5-7-17(8-6-16)34-36(31,32)18-9-4-15(3)19(11-18)25(29)30/h4-11,14H,12-13H2,1-3H3/b20-10-. The number of nitrogens with zero attached hydrogens (tertiary/aromatic N) is 2. The van der Waals surface area contributed by atoms with Gasteiger partial charge in [-0.2, -0.15) is 8.42 Å². The van der Waals surface area contributed by atoms with Gasteiger partial charge in [-0.05, 0) is 54.4 Å². The van der Waals surface area contributed by atoms with Crippen LogP contribution >= 0.6 is 11.8 Å². The number of benzene rings is 2. The predicted molar refractivity (Wildman–Crippen MR) is 131 cm³/mol. The van der Waals surface area contributed by atoms with Gasteiger partial charge in [-0.15, -0.1) is 0 Å². The van der Waals surface area contributed by atoms with E-state index in [0.717, 1.165) is 11.0 Å². The van der Waals surface area contributed by atoms with Crippen LogP contribution in [0.3, 0.4) is 0 Å². The Morgan fingerprint density at radius 2 is 1.83 bits per heavy atom. The highest BCUT2D eigenvalue weighted by molar-refractivity contribution is 8.18. The van der Waals surface area contributed by atoms with Gasteiger partial charge in [0.25, 0.3) is 16.8 Å². The summed E-state index contributed by atoms with van der Waals surface area (Å²) in [5, 5.41) is 10.5. The molecule has 1 aliphatic rings. The van der Waals surface area contributed by atoms with E-state index in [1.807, 2.05) is 13.8 Å². The van der Waals surface area contributed by atoms with Gasteiger partial charge >= 0.3 is 16.1 Å². The van der Waals surface area contributed by atoms with E-state index in [1.165, 1.54) is 49.4 Å². The van der Waals surface area contributed by atoms with Crippen LogP contribution in [0, 0.1) is 23.0 Å². The number of nitro benzene ring substituents is 1. The highest BCUT2D eigenvalue weighted by atomic mass is 32.2. The molecule has 190 valence electrons. The minimum atomic E-state index is -4.34. The van der Waals surface area contributed by atoms with Crippen LogP contribution in [0.2, 0.25) is 0 Å². The monoisotopic (exact) mass is 534 g/mol. The summed E-state index contributed by atoms with van der Waals surface area (Å²) in [6.07, 6.45) is 1.42. The van der Waals surface area contributed by atoms with E-state index in [9.17, 15) is 32.9 Å². The molecule has 11 nitrogen and oxygen atoms in total. The number of rotatable bonds is 9. The average Bonchev–Trinajstić information content (AvgIpc) is 3.06. The normalized spacial score (nSPS) is 15.0. The zero-order chi connectivity index (χ0) is 26.6. The van der Waals surface area contributed by atoms with Crippen molar-refractivity contribution in [3.63, 3.8) is 0 Å². The number of aryl methyl sites for hydroxylation is 1. The van der Waals surface area contributed by atoms with Crippen LogP contribution in [-0.4, -0.2) is 48.5 Å². The van der Waals surface area contributed by atoms with Crippen molar-refractivity contribution < 1.29 is 36.6 Å². The van der Waals surface area contributed by atoms with Crippen molar-refractivity contribution in [1.29, 1.82) is 0 Å². The summed E-state index contributed by atoms with van der Waals surface area (Å²) in [5.74, 6) is -1.28. The third-order valence-electron chi connectivity index (χ3n) is 4.79. The fraction of sp³-hybridized carbons (Fsp3) is 0.261. The van der Waals surface area contributed by atoms with Crippen LogP contribution < -0.4 is 4.18 Å². The van der Waals surface area contributed by atoms with E-state index in [2.05, 4.69) is 0 Å². The SMILES string of the molecule is Cc1ccc(S(=O)(=O)Oc2ccc(/C=C3\SC(=O)N(CC(=O)OCC(C)C)C3=O)cc2)cc1[N+](=O)[O-]. The van der Waals surface area contributed by atoms with E-state index >= 15 is 0 Å². The maximum Gasteiger partial charge on any atom is 0.339 e. The average molecular weight is 535 g/mol. The molecule has 0 unspecified atom stereocenters. The van der Waals surface area contributed by atoms with Gasteiger partial charge in [0.2, 0.25) is 0 Å². The van der Waals surface area contributed by atoms with E-state index in [0.29, 0.717) is 22.9 Å². The Bertz CT molecular complexity index is 1350. The fourth-order valence-corrected chi connectivity index (χ4v) is 4.75. The lowest BCUT2D eigenvalue weighted by Gasteiger charge is -2.12. The predicted octanol–water partition coefficient (Wildman–Crippen LogP) is 3.91. The number of carbonyl (C=O) groups is 3. The minimum absolute atomic E-state index is 0.0589. The number of amides is 2. The smallest absolute Gasteiger partial charge is 0.339 e. The van der Waals surface area contributed by atoms with E-state index in [1.54, 1.807) is 0 Å². The van der Waals surface area contributed by atoms with Gasteiger partial charge < -0.3 is 8.92 Å². The Morgan fingerprint density at radius 1 is 1.17 bits per heavy atom. The van der Waals surface area contributed by atoms with Gasteiger partial charge in [0.1, 0.15) is 17.2 Å². The van der Waals surface area contributed by atoms with Gasteiger partial charge in [-0.25, -0.2) is 0 Å². The number of hydrogen-bond donors (Lipinski definition) is 0. The van der Waals surface area contributed by atoms with Crippen LogP contribution in [0.5, 0.6) is 5.75 Å². The van der Waals surface area contributed by atoms with E-state index < -0.39 is 38.7 Å². The number of thioether (sulfide) groups is 1. The van der Waals surface area contributed by atoms with E-state index in [-0.39, 0.29) is 33.8 Å². The molecule has 3 rings (SSSR count). The lowest BCUT2D eigenvalue weighted by Crippen LogP contribution is -2.34. The number of esters is 1. The number of ether oxygens (including phenoxy) is 1. The first-order valence-corrected chi connectivity index (χ1v) is 12.8. The molecule has 0 bridgehead atoms. The fourth-order valence-electron chi connectivity index (χ4n) is 2.96. The Hall–Kier alpha value is -3.71. The Kier molecular flexibility index (Phi) is 8.15. The summed E-state index contributed by atoms with van der Waals surface area (Å²) in [6, 6.07) is 9.04. The van der Waals surface area contributed by atoms with Gasteiger partial charge in [0.15, 0.2) is 0 Å². The van der Waals surface area contributed by atoms with Gasteiger partial charge in [0.05, 0.1) is 16.4 Å². The second kappa shape index (κ2) is 10.9.